The van der Waals surface area contributed by atoms with Crippen LogP contribution in [0.4, 0.5) is 5.69 Å². The first-order chi connectivity index (χ1) is 13.5. The molecule has 2 aromatic heterocycles. The molecule has 2 aliphatic heterocycles. The number of pyridine rings is 1. The van der Waals surface area contributed by atoms with Gasteiger partial charge in [0.2, 0.25) is 0 Å². The molecule has 1 unspecified atom stereocenters. The van der Waals surface area contributed by atoms with E-state index in [9.17, 15) is 4.79 Å². The molecule has 144 valence electrons. The summed E-state index contributed by atoms with van der Waals surface area (Å²) in [5.74, 6) is 0.00723. The standard InChI is InChI=1S/C22H23BrN4O/c1-14-17-7-8-21-19(4-3-10-25(21)2)18(17)9-11-26(14)22(28)20-12-16-6-5-15(23)13-27(16)24-20/h5-8,12-14H,3-4,9-11H2,1-2H3. The molecular formula is C22H23BrN4O. The van der Waals surface area contributed by atoms with E-state index in [1.165, 1.54) is 28.8 Å². The van der Waals surface area contributed by atoms with Gasteiger partial charge in [0.1, 0.15) is 0 Å². The first-order valence-corrected chi connectivity index (χ1v) is 10.6. The Morgan fingerprint density at radius 1 is 1.14 bits per heavy atom. The summed E-state index contributed by atoms with van der Waals surface area (Å²) in [7, 11) is 2.17. The van der Waals surface area contributed by atoms with Crippen LogP contribution in [0, 0.1) is 0 Å². The number of hydrogen-bond donors (Lipinski definition) is 0. The quantitative estimate of drug-likeness (QED) is 0.570. The molecule has 4 heterocycles. The van der Waals surface area contributed by atoms with Gasteiger partial charge in [-0.05, 0) is 83.1 Å². The summed E-state index contributed by atoms with van der Waals surface area (Å²) >= 11 is 3.46. The highest BCUT2D eigenvalue weighted by atomic mass is 79.9. The molecular weight excluding hydrogens is 416 g/mol. The van der Waals surface area contributed by atoms with E-state index in [0.717, 1.165) is 35.9 Å². The highest BCUT2D eigenvalue weighted by Gasteiger charge is 2.32. The Hall–Kier alpha value is -2.34. The van der Waals surface area contributed by atoms with Gasteiger partial charge in [0.05, 0.1) is 11.6 Å². The minimum atomic E-state index is 0.00723. The summed E-state index contributed by atoms with van der Waals surface area (Å²) in [5.41, 5.74) is 7.03. The van der Waals surface area contributed by atoms with Crippen LogP contribution in [0.15, 0.2) is 41.0 Å². The van der Waals surface area contributed by atoms with Crippen molar-refractivity contribution < 1.29 is 4.79 Å². The van der Waals surface area contributed by atoms with Crippen molar-refractivity contribution in [1.29, 1.82) is 0 Å². The molecule has 6 heteroatoms. The van der Waals surface area contributed by atoms with Crippen LogP contribution in [0.25, 0.3) is 5.52 Å². The number of hydrogen-bond acceptors (Lipinski definition) is 3. The molecule has 0 N–H and O–H groups in total. The zero-order chi connectivity index (χ0) is 19.4. The topological polar surface area (TPSA) is 40.9 Å². The normalized spacial score (nSPS) is 18.9. The first kappa shape index (κ1) is 17.7. The van der Waals surface area contributed by atoms with Gasteiger partial charge < -0.3 is 9.80 Å². The number of carbonyl (C=O) groups is 1. The third-order valence-corrected chi connectivity index (χ3v) is 6.67. The molecule has 0 bridgehead atoms. The van der Waals surface area contributed by atoms with Gasteiger partial charge in [-0.3, -0.25) is 4.79 Å². The minimum absolute atomic E-state index is 0.00723. The summed E-state index contributed by atoms with van der Waals surface area (Å²) in [5, 5.41) is 4.51. The van der Waals surface area contributed by atoms with E-state index >= 15 is 0 Å². The van der Waals surface area contributed by atoms with E-state index in [1.54, 1.807) is 4.52 Å². The smallest absolute Gasteiger partial charge is 0.274 e. The lowest BCUT2D eigenvalue weighted by Gasteiger charge is -2.38. The summed E-state index contributed by atoms with van der Waals surface area (Å²) in [4.78, 5) is 17.6. The molecule has 28 heavy (non-hydrogen) atoms. The number of carbonyl (C=O) groups excluding carboxylic acids is 1. The number of benzene rings is 1. The fourth-order valence-electron chi connectivity index (χ4n) is 4.72. The highest BCUT2D eigenvalue weighted by Crippen LogP contribution is 2.38. The lowest BCUT2D eigenvalue weighted by Crippen LogP contribution is -2.40. The molecule has 1 atom stereocenters. The molecule has 0 radical (unpaired) electrons. The summed E-state index contributed by atoms with van der Waals surface area (Å²) in [6.45, 7) is 4.00. The van der Waals surface area contributed by atoms with Crippen LogP contribution < -0.4 is 4.90 Å². The number of halogens is 1. The predicted molar refractivity (Wildman–Crippen MR) is 114 cm³/mol. The summed E-state index contributed by atoms with van der Waals surface area (Å²) in [6.07, 6.45) is 5.14. The van der Waals surface area contributed by atoms with Crippen LogP contribution in [0.1, 0.15) is 46.6 Å². The maximum atomic E-state index is 13.2. The van der Waals surface area contributed by atoms with Crippen molar-refractivity contribution in [2.45, 2.75) is 32.2 Å². The Morgan fingerprint density at radius 2 is 2.00 bits per heavy atom. The highest BCUT2D eigenvalue weighted by molar-refractivity contribution is 9.10. The van der Waals surface area contributed by atoms with Crippen molar-refractivity contribution in [2.75, 3.05) is 25.0 Å². The Labute approximate surface area is 173 Å². The molecule has 0 fully saturated rings. The van der Waals surface area contributed by atoms with Crippen molar-refractivity contribution in [3.8, 4) is 0 Å². The second kappa shape index (κ2) is 6.62. The fourth-order valence-corrected chi connectivity index (χ4v) is 5.05. The van der Waals surface area contributed by atoms with E-state index in [-0.39, 0.29) is 11.9 Å². The predicted octanol–water partition coefficient (Wildman–Crippen LogP) is 4.24. The molecule has 2 aliphatic rings. The Balaban J connectivity index is 1.48. The van der Waals surface area contributed by atoms with E-state index < -0.39 is 0 Å². The number of rotatable bonds is 1. The monoisotopic (exact) mass is 438 g/mol. The summed E-state index contributed by atoms with van der Waals surface area (Å²) in [6, 6.07) is 10.3. The van der Waals surface area contributed by atoms with Gasteiger partial charge in [0.25, 0.3) is 5.91 Å². The van der Waals surface area contributed by atoms with Gasteiger partial charge >= 0.3 is 0 Å². The van der Waals surface area contributed by atoms with Crippen LogP contribution >= 0.6 is 15.9 Å². The van der Waals surface area contributed by atoms with E-state index in [4.69, 9.17) is 0 Å². The number of nitrogens with zero attached hydrogens (tertiary/aromatic N) is 4. The number of fused-ring (bicyclic) bond motifs is 4. The van der Waals surface area contributed by atoms with Gasteiger partial charge in [-0.25, -0.2) is 4.52 Å². The lowest BCUT2D eigenvalue weighted by molar-refractivity contribution is 0.0671. The molecule has 0 saturated heterocycles. The van der Waals surface area contributed by atoms with Crippen molar-refractivity contribution in [2.24, 2.45) is 0 Å². The average molecular weight is 439 g/mol. The third kappa shape index (κ3) is 2.73. The molecule has 5 rings (SSSR count). The number of anilines is 1. The van der Waals surface area contributed by atoms with Gasteiger partial charge in [-0.15, -0.1) is 0 Å². The van der Waals surface area contributed by atoms with Crippen molar-refractivity contribution >= 4 is 33.0 Å². The van der Waals surface area contributed by atoms with Crippen LogP contribution in [0.5, 0.6) is 0 Å². The Bertz CT molecular complexity index is 1090. The van der Waals surface area contributed by atoms with Gasteiger partial charge in [-0.1, -0.05) is 6.07 Å². The fraction of sp³-hybridized carbons (Fsp3) is 0.364. The third-order valence-electron chi connectivity index (χ3n) is 6.20. The van der Waals surface area contributed by atoms with Crippen molar-refractivity contribution in [3.63, 3.8) is 0 Å². The molecule has 3 aromatic rings. The molecule has 0 aliphatic carbocycles. The van der Waals surface area contributed by atoms with E-state index in [0.29, 0.717) is 5.69 Å². The van der Waals surface area contributed by atoms with Crippen LogP contribution in [-0.4, -0.2) is 40.6 Å². The lowest BCUT2D eigenvalue weighted by atomic mass is 9.85. The van der Waals surface area contributed by atoms with Gasteiger partial charge in [0, 0.05) is 36.5 Å². The first-order valence-electron chi connectivity index (χ1n) is 9.84. The largest absolute Gasteiger partial charge is 0.374 e. The summed E-state index contributed by atoms with van der Waals surface area (Å²) < 4.78 is 2.70. The van der Waals surface area contributed by atoms with Crippen LogP contribution in [0.3, 0.4) is 0 Å². The number of aromatic nitrogens is 2. The zero-order valence-electron chi connectivity index (χ0n) is 16.2. The van der Waals surface area contributed by atoms with Gasteiger partial charge in [0.15, 0.2) is 5.69 Å². The van der Waals surface area contributed by atoms with Gasteiger partial charge in [-0.2, -0.15) is 5.10 Å². The zero-order valence-corrected chi connectivity index (χ0v) is 17.7. The van der Waals surface area contributed by atoms with E-state index in [1.807, 2.05) is 29.3 Å². The Kier molecular flexibility index (Phi) is 4.19. The second-order valence-electron chi connectivity index (χ2n) is 7.83. The molecule has 0 saturated carbocycles. The van der Waals surface area contributed by atoms with Crippen LogP contribution in [0.2, 0.25) is 0 Å². The maximum absolute atomic E-state index is 13.2. The van der Waals surface area contributed by atoms with Crippen molar-refractivity contribution in [1.82, 2.24) is 14.5 Å². The maximum Gasteiger partial charge on any atom is 0.274 e. The molecule has 1 aromatic carbocycles. The molecule has 1 amide bonds. The van der Waals surface area contributed by atoms with Crippen LogP contribution in [-0.2, 0) is 12.8 Å². The average Bonchev–Trinajstić information content (AvgIpc) is 3.11. The molecule has 5 nitrogen and oxygen atoms in total. The molecule has 0 spiro atoms. The Morgan fingerprint density at radius 3 is 2.86 bits per heavy atom. The minimum Gasteiger partial charge on any atom is -0.374 e. The van der Waals surface area contributed by atoms with Crippen molar-refractivity contribution in [3.05, 3.63) is 63.4 Å². The SMILES string of the molecule is CC1c2ccc3c(c2CCN1C(=O)c1cc2ccc(Br)cn2n1)CCCN3C. The second-order valence-corrected chi connectivity index (χ2v) is 8.74. The van der Waals surface area contributed by atoms with E-state index in [2.05, 4.69) is 52.0 Å². The number of amides is 1.